The van der Waals surface area contributed by atoms with Crippen LogP contribution in [0, 0.1) is 0 Å². The number of imidazole rings is 1. The van der Waals surface area contributed by atoms with Crippen molar-refractivity contribution in [1.29, 1.82) is 0 Å². The molecule has 35 heavy (non-hydrogen) atoms. The molecule has 0 amide bonds. The molecular weight excluding hydrogens is 458 g/mol. The van der Waals surface area contributed by atoms with Gasteiger partial charge in [-0.05, 0) is 36.4 Å². The van der Waals surface area contributed by atoms with Crippen molar-refractivity contribution in [3.63, 3.8) is 0 Å². The Bertz CT molecular complexity index is 1970. The molecule has 7 aromatic rings. The Morgan fingerprint density at radius 1 is 0.714 bits per heavy atom. The second-order valence-corrected chi connectivity index (χ2v) is 10.7. The fourth-order valence-electron chi connectivity index (χ4n) is 4.93. The van der Waals surface area contributed by atoms with E-state index in [9.17, 15) is 8.42 Å². The van der Waals surface area contributed by atoms with Crippen LogP contribution in [0.5, 0.6) is 0 Å². The third-order valence-electron chi connectivity index (χ3n) is 6.48. The first kappa shape index (κ1) is 20.1. The predicted octanol–water partition coefficient (Wildman–Crippen LogP) is 6.25. The van der Waals surface area contributed by atoms with Crippen LogP contribution in [-0.2, 0) is 9.84 Å². The summed E-state index contributed by atoms with van der Waals surface area (Å²) < 4.78 is 34.5. The number of fused-ring (bicyclic) bond motifs is 6. The topological polar surface area (TPSA) is 69.5 Å². The standard InChI is InChI=1S/C28H19N3O3S/c1-35(32,33)19-16-14-18(15-17-19)26-27(29-28-31(26)24-12-6-7-13-25(24)34-28)30-22-10-4-2-8-20(22)21-9-3-5-11-23(21)30/h2-17H,1H3. The molecule has 3 aromatic heterocycles. The lowest BCUT2D eigenvalue weighted by molar-refractivity contribution is 0.602. The summed E-state index contributed by atoms with van der Waals surface area (Å²) in [5.41, 5.74) is 5.37. The highest BCUT2D eigenvalue weighted by atomic mass is 32.2. The number of aromatic nitrogens is 3. The first-order valence-corrected chi connectivity index (χ1v) is 13.1. The van der Waals surface area contributed by atoms with Gasteiger partial charge in [0, 0.05) is 22.6 Å². The minimum Gasteiger partial charge on any atom is -0.423 e. The smallest absolute Gasteiger partial charge is 0.309 e. The van der Waals surface area contributed by atoms with Crippen LogP contribution < -0.4 is 0 Å². The molecule has 4 aromatic carbocycles. The van der Waals surface area contributed by atoms with Gasteiger partial charge in [-0.2, -0.15) is 4.98 Å². The first-order valence-electron chi connectivity index (χ1n) is 11.2. The van der Waals surface area contributed by atoms with E-state index in [0.29, 0.717) is 5.84 Å². The van der Waals surface area contributed by atoms with Crippen LogP contribution >= 0.6 is 0 Å². The first-order chi connectivity index (χ1) is 17.0. The molecule has 0 radical (unpaired) electrons. The van der Waals surface area contributed by atoms with E-state index in [0.717, 1.165) is 50.0 Å². The summed E-state index contributed by atoms with van der Waals surface area (Å²) in [6.45, 7) is 0. The molecule has 7 rings (SSSR count). The van der Waals surface area contributed by atoms with Gasteiger partial charge in [-0.25, -0.2) is 8.42 Å². The fourth-order valence-corrected chi connectivity index (χ4v) is 5.56. The molecule has 170 valence electrons. The maximum absolute atomic E-state index is 12.1. The minimum atomic E-state index is -3.31. The molecule has 0 N–H and O–H groups in total. The summed E-state index contributed by atoms with van der Waals surface area (Å²) in [6.07, 6.45) is 1.21. The van der Waals surface area contributed by atoms with Crippen molar-refractivity contribution in [3.8, 4) is 17.1 Å². The highest BCUT2D eigenvalue weighted by molar-refractivity contribution is 7.90. The normalized spacial score (nSPS) is 12.4. The SMILES string of the molecule is CS(=O)(=O)c1ccc(-c2c(-n3c4ccccc4c4ccccc43)nc3oc4ccccc4n23)cc1. The van der Waals surface area contributed by atoms with Crippen LogP contribution in [0.1, 0.15) is 0 Å². The van der Waals surface area contributed by atoms with Crippen molar-refractivity contribution >= 4 is 48.6 Å². The van der Waals surface area contributed by atoms with Crippen molar-refractivity contribution in [2.24, 2.45) is 0 Å². The van der Waals surface area contributed by atoms with Crippen LogP contribution in [0.2, 0.25) is 0 Å². The van der Waals surface area contributed by atoms with E-state index in [1.54, 1.807) is 12.1 Å². The molecule has 0 unspecified atom stereocenters. The van der Waals surface area contributed by atoms with E-state index < -0.39 is 9.84 Å². The van der Waals surface area contributed by atoms with Crippen LogP contribution in [0.15, 0.2) is 106 Å². The zero-order valence-corrected chi connectivity index (χ0v) is 19.5. The minimum absolute atomic E-state index is 0.275. The number of hydrogen-bond donors (Lipinski definition) is 0. The Labute approximate surface area is 200 Å². The highest BCUT2D eigenvalue weighted by Gasteiger charge is 2.24. The average molecular weight is 478 g/mol. The van der Waals surface area contributed by atoms with Crippen molar-refractivity contribution in [3.05, 3.63) is 97.1 Å². The van der Waals surface area contributed by atoms with Crippen LogP contribution in [0.25, 0.3) is 55.8 Å². The monoisotopic (exact) mass is 477 g/mol. The van der Waals surface area contributed by atoms with E-state index in [-0.39, 0.29) is 4.90 Å². The van der Waals surface area contributed by atoms with Gasteiger partial charge in [0.25, 0.3) is 0 Å². The van der Waals surface area contributed by atoms with Crippen LogP contribution in [0.4, 0.5) is 0 Å². The van der Waals surface area contributed by atoms with Gasteiger partial charge in [-0.1, -0.05) is 60.7 Å². The summed E-state index contributed by atoms with van der Waals surface area (Å²) in [7, 11) is -3.31. The number of hydrogen-bond acceptors (Lipinski definition) is 4. The van der Waals surface area contributed by atoms with Gasteiger partial charge >= 0.3 is 5.84 Å². The van der Waals surface area contributed by atoms with Crippen molar-refractivity contribution < 1.29 is 12.8 Å². The summed E-state index contributed by atoms with van der Waals surface area (Å²) in [6, 6.07) is 31.3. The zero-order chi connectivity index (χ0) is 23.7. The Hall–Kier alpha value is -4.36. The molecule has 0 saturated heterocycles. The number of benzene rings is 4. The lowest BCUT2D eigenvalue weighted by Gasteiger charge is -2.10. The number of para-hydroxylation sites is 4. The second-order valence-electron chi connectivity index (χ2n) is 8.64. The Balaban J connectivity index is 1.63. The number of rotatable bonds is 3. The number of sulfone groups is 1. The Morgan fingerprint density at radius 3 is 1.91 bits per heavy atom. The number of oxazole rings is 1. The van der Waals surface area contributed by atoms with Gasteiger partial charge in [-0.15, -0.1) is 0 Å². The van der Waals surface area contributed by atoms with Crippen LogP contribution in [-0.4, -0.2) is 28.6 Å². The highest BCUT2D eigenvalue weighted by Crippen LogP contribution is 2.38. The van der Waals surface area contributed by atoms with Gasteiger partial charge < -0.3 is 4.42 Å². The van der Waals surface area contributed by atoms with Crippen molar-refractivity contribution in [2.75, 3.05) is 6.26 Å². The maximum atomic E-state index is 12.1. The lowest BCUT2D eigenvalue weighted by Crippen LogP contribution is -2.00. The van der Waals surface area contributed by atoms with Gasteiger partial charge in [-0.3, -0.25) is 8.97 Å². The Kier molecular flexibility index (Phi) is 4.05. The molecule has 0 aliphatic carbocycles. The molecule has 0 saturated carbocycles. The fraction of sp³-hybridized carbons (Fsp3) is 0.0357. The van der Waals surface area contributed by atoms with Gasteiger partial charge in [0.15, 0.2) is 21.2 Å². The second kappa shape index (κ2) is 7.07. The van der Waals surface area contributed by atoms with Gasteiger partial charge in [0.2, 0.25) is 0 Å². The summed E-state index contributed by atoms with van der Waals surface area (Å²) >= 11 is 0. The Morgan fingerprint density at radius 2 is 1.29 bits per heavy atom. The molecule has 3 heterocycles. The summed E-state index contributed by atoms with van der Waals surface area (Å²) in [4.78, 5) is 5.26. The molecular formula is C28H19N3O3S. The van der Waals surface area contributed by atoms with Crippen molar-refractivity contribution in [1.82, 2.24) is 14.0 Å². The number of nitrogens with zero attached hydrogens (tertiary/aromatic N) is 3. The molecule has 0 fully saturated rings. The molecule has 0 aliphatic heterocycles. The molecule has 0 aliphatic rings. The van der Waals surface area contributed by atoms with Gasteiger partial charge in [0.05, 0.1) is 21.4 Å². The molecule has 0 atom stereocenters. The quantitative estimate of drug-likeness (QED) is 0.302. The molecule has 0 spiro atoms. The third kappa shape index (κ3) is 2.88. The van der Waals surface area contributed by atoms with E-state index in [4.69, 9.17) is 9.40 Å². The van der Waals surface area contributed by atoms with Crippen molar-refractivity contribution in [2.45, 2.75) is 4.90 Å². The summed E-state index contributed by atoms with van der Waals surface area (Å²) in [5, 5.41) is 2.27. The molecule has 0 bridgehead atoms. The molecule has 7 heteroatoms. The van der Waals surface area contributed by atoms with E-state index >= 15 is 0 Å². The summed E-state index contributed by atoms with van der Waals surface area (Å²) in [5.74, 6) is 1.20. The zero-order valence-electron chi connectivity index (χ0n) is 18.7. The lowest BCUT2D eigenvalue weighted by atomic mass is 10.1. The van der Waals surface area contributed by atoms with Crippen LogP contribution in [0.3, 0.4) is 0 Å². The van der Waals surface area contributed by atoms with E-state index in [2.05, 4.69) is 28.8 Å². The van der Waals surface area contributed by atoms with E-state index in [1.807, 2.05) is 65.1 Å². The maximum Gasteiger partial charge on any atom is 0.309 e. The van der Waals surface area contributed by atoms with Gasteiger partial charge in [0.1, 0.15) is 5.69 Å². The van der Waals surface area contributed by atoms with E-state index in [1.165, 1.54) is 6.26 Å². The average Bonchev–Trinajstić information content (AvgIpc) is 3.51. The largest absolute Gasteiger partial charge is 0.423 e. The third-order valence-corrected chi connectivity index (χ3v) is 7.61. The predicted molar refractivity (Wildman–Crippen MR) is 138 cm³/mol. The molecule has 6 nitrogen and oxygen atoms in total.